The molecule has 5 heteroatoms. The molecule has 5 nitrogen and oxygen atoms in total. The number of rotatable bonds is 4. The summed E-state index contributed by atoms with van der Waals surface area (Å²) >= 11 is 0. The molecule has 2 aromatic heterocycles. The molecule has 0 radical (unpaired) electrons. The first kappa shape index (κ1) is 12.6. The Morgan fingerprint density at radius 1 is 1.20 bits per heavy atom. The normalized spacial score (nSPS) is 10.9. The van der Waals surface area contributed by atoms with Crippen LogP contribution in [-0.2, 0) is 0 Å². The lowest BCUT2D eigenvalue weighted by Gasteiger charge is -2.15. The number of nitrogens with zero attached hydrogens (tertiary/aromatic N) is 3. The van der Waals surface area contributed by atoms with Gasteiger partial charge < -0.3 is 15.0 Å². The highest BCUT2D eigenvalue weighted by Crippen LogP contribution is 2.27. The molecule has 0 atom stereocenters. The Bertz CT molecular complexity index is 705. The first-order valence-corrected chi connectivity index (χ1v) is 6.50. The van der Waals surface area contributed by atoms with Crippen molar-refractivity contribution in [3.63, 3.8) is 0 Å². The lowest BCUT2D eigenvalue weighted by molar-refractivity contribution is 0.303. The number of fused-ring (bicyclic) bond motifs is 1. The summed E-state index contributed by atoms with van der Waals surface area (Å²) in [6, 6.07) is 8.14. The van der Waals surface area contributed by atoms with Crippen LogP contribution in [0.15, 0.2) is 42.9 Å². The predicted octanol–water partition coefficient (Wildman–Crippen LogP) is 2.05. The maximum atomic E-state index is 8.92. The van der Waals surface area contributed by atoms with E-state index < -0.39 is 0 Å². The maximum Gasteiger partial charge on any atom is 0.225 e. The molecule has 0 spiro atoms. The van der Waals surface area contributed by atoms with Crippen molar-refractivity contribution < 1.29 is 5.11 Å². The third-order valence-corrected chi connectivity index (χ3v) is 3.32. The number of aromatic amines is 1. The average Bonchev–Trinajstić information content (AvgIpc) is 2.92. The van der Waals surface area contributed by atoms with Crippen molar-refractivity contribution in [1.29, 1.82) is 0 Å². The third kappa shape index (κ3) is 2.23. The largest absolute Gasteiger partial charge is 0.395 e. The van der Waals surface area contributed by atoms with Gasteiger partial charge in [0.15, 0.2) is 0 Å². The summed E-state index contributed by atoms with van der Waals surface area (Å²) in [6.07, 6.45) is 5.60. The third-order valence-electron chi connectivity index (χ3n) is 3.32. The number of hydrogen-bond donors (Lipinski definition) is 2. The Morgan fingerprint density at radius 2 is 1.95 bits per heavy atom. The number of anilines is 1. The smallest absolute Gasteiger partial charge is 0.225 e. The Morgan fingerprint density at radius 3 is 2.70 bits per heavy atom. The van der Waals surface area contributed by atoms with E-state index in [0.717, 1.165) is 22.0 Å². The minimum absolute atomic E-state index is 0.0874. The summed E-state index contributed by atoms with van der Waals surface area (Å²) in [7, 11) is 1.86. The van der Waals surface area contributed by atoms with E-state index in [2.05, 4.69) is 21.0 Å². The van der Waals surface area contributed by atoms with Crippen molar-refractivity contribution in [2.24, 2.45) is 0 Å². The van der Waals surface area contributed by atoms with Gasteiger partial charge in [-0.25, -0.2) is 9.97 Å². The minimum atomic E-state index is 0.0874. The van der Waals surface area contributed by atoms with Crippen LogP contribution in [0.2, 0.25) is 0 Å². The highest BCUT2D eigenvalue weighted by molar-refractivity contribution is 5.95. The quantitative estimate of drug-likeness (QED) is 0.760. The molecule has 3 aromatic rings. The molecule has 0 aliphatic rings. The molecule has 0 saturated carbocycles. The van der Waals surface area contributed by atoms with Crippen molar-refractivity contribution in [3.05, 3.63) is 42.9 Å². The van der Waals surface area contributed by atoms with Gasteiger partial charge in [-0.2, -0.15) is 0 Å². The lowest BCUT2D eigenvalue weighted by Crippen LogP contribution is -2.23. The highest BCUT2D eigenvalue weighted by atomic mass is 16.3. The van der Waals surface area contributed by atoms with E-state index in [1.54, 1.807) is 0 Å². The van der Waals surface area contributed by atoms with Gasteiger partial charge in [0, 0.05) is 54.2 Å². The molecule has 0 unspecified atom stereocenters. The van der Waals surface area contributed by atoms with E-state index in [1.807, 2.05) is 48.7 Å². The second-order valence-corrected chi connectivity index (χ2v) is 4.66. The molecule has 0 saturated heterocycles. The topological polar surface area (TPSA) is 65.0 Å². The second kappa shape index (κ2) is 5.30. The summed E-state index contributed by atoms with van der Waals surface area (Å²) in [5.41, 5.74) is 3.17. The number of nitrogens with one attached hydrogen (secondary N) is 1. The van der Waals surface area contributed by atoms with Gasteiger partial charge in [0.2, 0.25) is 5.95 Å². The van der Waals surface area contributed by atoms with E-state index in [4.69, 9.17) is 5.11 Å². The van der Waals surface area contributed by atoms with Gasteiger partial charge in [-0.05, 0) is 6.07 Å². The molecule has 0 aliphatic heterocycles. The Hall–Kier alpha value is -2.40. The predicted molar refractivity (Wildman–Crippen MR) is 79.7 cm³/mol. The first-order chi connectivity index (χ1) is 9.79. The number of aliphatic hydroxyl groups is 1. The number of aromatic nitrogens is 3. The molecule has 20 heavy (non-hydrogen) atoms. The first-order valence-electron chi connectivity index (χ1n) is 6.50. The van der Waals surface area contributed by atoms with Crippen molar-refractivity contribution in [3.8, 4) is 11.1 Å². The van der Waals surface area contributed by atoms with Gasteiger partial charge in [0.25, 0.3) is 0 Å². The fraction of sp³-hybridized carbons (Fsp3) is 0.200. The molecule has 1 aromatic carbocycles. The van der Waals surface area contributed by atoms with Crippen LogP contribution in [0.1, 0.15) is 0 Å². The molecule has 0 bridgehead atoms. The maximum absolute atomic E-state index is 8.92. The van der Waals surface area contributed by atoms with Gasteiger partial charge >= 0.3 is 0 Å². The van der Waals surface area contributed by atoms with Gasteiger partial charge in [-0.1, -0.05) is 18.2 Å². The lowest BCUT2D eigenvalue weighted by atomic mass is 10.1. The molecular formula is C15H16N4O. The summed E-state index contributed by atoms with van der Waals surface area (Å²) in [5.74, 6) is 0.614. The average molecular weight is 268 g/mol. The zero-order valence-electron chi connectivity index (χ0n) is 11.2. The van der Waals surface area contributed by atoms with Gasteiger partial charge in [0.1, 0.15) is 0 Å². The number of hydrogen-bond acceptors (Lipinski definition) is 4. The molecule has 102 valence electrons. The second-order valence-electron chi connectivity index (χ2n) is 4.66. The van der Waals surface area contributed by atoms with Crippen LogP contribution in [0.25, 0.3) is 22.0 Å². The Balaban J connectivity index is 1.95. The van der Waals surface area contributed by atoms with Crippen LogP contribution >= 0.6 is 0 Å². The van der Waals surface area contributed by atoms with Crippen molar-refractivity contribution in [2.45, 2.75) is 0 Å². The molecule has 0 fully saturated rings. The zero-order valence-corrected chi connectivity index (χ0v) is 11.2. The van der Waals surface area contributed by atoms with E-state index in [1.165, 1.54) is 0 Å². The number of aliphatic hydroxyl groups excluding tert-OH is 1. The van der Waals surface area contributed by atoms with Crippen LogP contribution in [0, 0.1) is 0 Å². The van der Waals surface area contributed by atoms with Crippen LogP contribution in [-0.4, -0.2) is 40.3 Å². The number of benzene rings is 1. The molecule has 2 heterocycles. The number of H-pyrrole nitrogens is 1. The summed E-state index contributed by atoms with van der Waals surface area (Å²) in [4.78, 5) is 13.8. The van der Waals surface area contributed by atoms with Crippen LogP contribution < -0.4 is 4.90 Å². The zero-order chi connectivity index (χ0) is 13.9. The van der Waals surface area contributed by atoms with Gasteiger partial charge in [-0.3, -0.25) is 0 Å². The monoisotopic (exact) mass is 268 g/mol. The molecule has 0 amide bonds. The SMILES string of the molecule is CN(CCO)c1ncc(-c2c[nH]c3ccccc23)cn1. The molecule has 3 rings (SSSR count). The summed E-state index contributed by atoms with van der Waals surface area (Å²) < 4.78 is 0. The van der Waals surface area contributed by atoms with Crippen LogP contribution in [0.3, 0.4) is 0 Å². The Kier molecular flexibility index (Phi) is 3.35. The van der Waals surface area contributed by atoms with Crippen molar-refractivity contribution in [1.82, 2.24) is 15.0 Å². The van der Waals surface area contributed by atoms with E-state index >= 15 is 0 Å². The van der Waals surface area contributed by atoms with E-state index in [9.17, 15) is 0 Å². The van der Waals surface area contributed by atoms with E-state index in [0.29, 0.717) is 12.5 Å². The molecule has 2 N–H and O–H groups in total. The highest BCUT2D eigenvalue weighted by Gasteiger charge is 2.08. The van der Waals surface area contributed by atoms with Crippen LogP contribution in [0.4, 0.5) is 5.95 Å². The number of likely N-dealkylation sites (N-methyl/N-ethyl adjacent to an activating group) is 1. The van der Waals surface area contributed by atoms with E-state index in [-0.39, 0.29) is 6.61 Å². The summed E-state index contributed by atoms with van der Waals surface area (Å²) in [5, 5.41) is 10.1. The molecule has 0 aliphatic carbocycles. The fourth-order valence-corrected chi connectivity index (χ4v) is 2.22. The minimum Gasteiger partial charge on any atom is -0.395 e. The summed E-state index contributed by atoms with van der Waals surface area (Å²) in [6.45, 7) is 0.608. The molecular weight excluding hydrogens is 252 g/mol. The fourth-order valence-electron chi connectivity index (χ4n) is 2.22. The van der Waals surface area contributed by atoms with Gasteiger partial charge in [0.05, 0.1) is 6.61 Å². The van der Waals surface area contributed by atoms with Crippen molar-refractivity contribution in [2.75, 3.05) is 25.1 Å². The Labute approximate surface area is 116 Å². The van der Waals surface area contributed by atoms with Crippen LogP contribution in [0.5, 0.6) is 0 Å². The number of para-hydroxylation sites is 1. The van der Waals surface area contributed by atoms with Crippen molar-refractivity contribution >= 4 is 16.9 Å². The standard InChI is InChI=1S/C15H16N4O/c1-19(6-7-20)15-17-8-11(9-18-15)13-10-16-14-5-3-2-4-12(13)14/h2-5,8-10,16,20H,6-7H2,1H3. The van der Waals surface area contributed by atoms with Gasteiger partial charge in [-0.15, -0.1) is 0 Å².